The Kier molecular flexibility index (Phi) is 10.5. The summed E-state index contributed by atoms with van der Waals surface area (Å²) in [5, 5.41) is 10.3. The van der Waals surface area contributed by atoms with Crippen LogP contribution in [0.1, 0.15) is 28.8 Å². The molecule has 2 aromatic heterocycles. The van der Waals surface area contributed by atoms with E-state index in [-0.39, 0.29) is 18.9 Å². The number of aliphatic carboxylic acids is 1. The van der Waals surface area contributed by atoms with Crippen LogP contribution in [0.3, 0.4) is 0 Å². The van der Waals surface area contributed by atoms with Crippen molar-refractivity contribution >= 4 is 29.2 Å². The van der Waals surface area contributed by atoms with Crippen LogP contribution in [0.5, 0.6) is 0 Å². The fourth-order valence-corrected chi connectivity index (χ4v) is 4.74. The second kappa shape index (κ2) is 14.0. The van der Waals surface area contributed by atoms with Gasteiger partial charge in [-0.3, -0.25) is 0 Å². The number of benzene rings is 1. The van der Waals surface area contributed by atoms with E-state index < -0.39 is 35.6 Å². The first-order valence-corrected chi connectivity index (χ1v) is 13.8. The van der Waals surface area contributed by atoms with Crippen molar-refractivity contribution in [2.45, 2.75) is 37.8 Å². The van der Waals surface area contributed by atoms with Gasteiger partial charge >= 0.3 is 24.5 Å². The molecular formula is C28H27F9N6O3. The predicted molar refractivity (Wildman–Crippen MR) is 147 cm³/mol. The second-order valence-corrected chi connectivity index (χ2v) is 10.1. The first kappa shape index (κ1) is 34.5. The molecule has 46 heavy (non-hydrogen) atoms. The maximum Gasteiger partial charge on any atom is 0.490 e. The number of carboxylic acid groups (broad SMARTS) is 1. The summed E-state index contributed by atoms with van der Waals surface area (Å²) in [4.78, 5) is 26.0. The van der Waals surface area contributed by atoms with Gasteiger partial charge in [0.15, 0.2) is 0 Å². The molecule has 1 aromatic carbocycles. The molecule has 2 aliphatic heterocycles. The lowest BCUT2D eigenvalue weighted by Gasteiger charge is -2.24. The summed E-state index contributed by atoms with van der Waals surface area (Å²) in [6, 6.07) is 6.88. The zero-order chi connectivity index (χ0) is 33.7. The smallest absolute Gasteiger partial charge is 0.475 e. The number of hydrogen-bond acceptors (Lipinski definition) is 8. The number of nitrogens with one attached hydrogen (secondary N) is 1. The summed E-state index contributed by atoms with van der Waals surface area (Å²) in [6.07, 6.45) is -11.3. The highest BCUT2D eigenvalue weighted by Gasteiger charge is 2.38. The lowest BCUT2D eigenvalue weighted by atomic mass is 10.1. The molecule has 2 aliphatic rings. The number of carbonyl (C=O) groups is 1. The van der Waals surface area contributed by atoms with Gasteiger partial charge < -0.3 is 25.0 Å². The van der Waals surface area contributed by atoms with Crippen molar-refractivity contribution in [2.75, 3.05) is 54.5 Å². The third-order valence-corrected chi connectivity index (χ3v) is 6.95. The Bertz CT molecular complexity index is 1490. The van der Waals surface area contributed by atoms with Crippen molar-refractivity contribution in [1.29, 1.82) is 0 Å². The van der Waals surface area contributed by atoms with E-state index in [0.717, 1.165) is 24.6 Å². The van der Waals surface area contributed by atoms with Crippen molar-refractivity contribution < 1.29 is 54.2 Å². The van der Waals surface area contributed by atoms with Gasteiger partial charge in [-0.2, -0.15) is 44.5 Å². The summed E-state index contributed by atoms with van der Waals surface area (Å²) in [5.41, 5.74) is 0.198. The second-order valence-electron chi connectivity index (χ2n) is 10.1. The number of carboxylic acids is 1. The molecule has 9 nitrogen and oxygen atoms in total. The molecule has 0 unspecified atom stereocenters. The molecule has 18 heteroatoms. The van der Waals surface area contributed by atoms with E-state index in [1.807, 2.05) is 4.90 Å². The number of rotatable bonds is 4. The average molecular weight is 667 g/mol. The van der Waals surface area contributed by atoms with Crippen LogP contribution in [0.15, 0.2) is 42.6 Å². The van der Waals surface area contributed by atoms with Gasteiger partial charge in [-0.05, 0) is 49.2 Å². The van der Waals surface area contributed by atoms with Crippen LogP contribution in [0.2, 0.25) is 0 Å². The molecular weight excluding hydrogens is 639 g/mol. The molecule has 1 saturated heterocycles. The van der Waals surface area contributed by atoms with E-state index in [9.17, 15) is 39.5 Å². The Labute approximate surface area is 256 Å². The Morgan fingerprint density at radius 3 is 2.13 bits per heavy atom. The fourth-order valence-electron chi connectivity index (χ4n) is 4.74. The molecule has 5 rings (SSSR count). The van der Waals surface area contributed by atoms with E-state index in [1.165, 1.54) is 24.4 Å². The molecule has 0 radical (unpaired) electrons. The largest absolute Gasteiger partial charge is 0.490 e. The van der Waals surface area contributed by atoms with E-state index in [1.54, 1.807) is 4.90 Å². The Morgan fingerprint density at radius 1 is 0.826 bits per heavy atom. The highest BCUT2D eigenvalue weighted by atomic mass is 19.4. The highest BCUT2D eigenvalue weighted by Crippen LogP contribution is 2.37. The van der Waals surface area contributed by atoms with E-state index in [2.05, 4.69) is 10.3 Å². The summed E-state index contributed by atoms with van der Waals surface area (Å²) in [6.45, 7) is 2.82. The molecule has 0 bridgehead atoms. The quantitative estimate of drug-likeness (QED) is 0.319. The number of nitrogens with zero attached hydrogens (tertiary/aromatic N) is 5. The number of fused-ring (bicyclic) bond motifs is 1. The summed E-state index contributed by atoms with van der Waals surface area (Å²) < 4.78 is 117. The van der Waals surface area contributed by atoms with Crippen LogP contribution in [-0.4, -0.2) is 71.6 Å². The SMILES string of the molecule is FC(F)(F)c1ccc(Nc2nc(N3CCCOCC3)nc3c2CCN(c2ncccc2C(F)(F)F)CC3)cc1.O=C(O)C(F)(F)F. The van der Waals surface area contributed by atoms with E-state index in [4.69, 9.17) is 24.6 Å². The molecule has 2 N–H and O–H groups in total. The Hall–Kier alpha value is -4.35. The number of anilines is 4. The van der Waals surface area contributed by atoms with Gasteiger partial charge in [0, 0.05) is 56.7 Å². The third kappa shape index (κ3) is 8.88. The fraction of sp³-hybridized carbons (Fsp3) is 0.429. The molecule has 0 saturated carbocycles. The first-order chi connectivity index (χ1) is 21.5. The van der Waals surface area contributed by atoms with Gasteiger partial charge in [0.05, 0.1) is 23.4 Å². The minimum Gasteiger partial charge on any atom is -0.475 e. The monoisotopic (exact) mass is 666 g/mol. The van der Waals surface area contributed by atoms with Crippen molar-refractivity contribution in [3.05, 3.63) is 65.0 Å². The number of pyridine rings is 1. The summed E-state index contributed by atoms with van der Waals surface area (Å²) >= 11 is 0. The molecule has 4 heterocycles. The molecule has 1 fully saturated rings. The van der Waals surface area contributed by atoms with E-state index >= 15 is 0 Å². The standard InChI is InChI=1S/C26H26F6N6O.C2HF3O2/c27-25(28,29)17-4-6-18(7-5-17)34-22-19-8-12-37(23-20(26(30,31)32)3-1-10-33-23)13-9-21(19)35-24(36-22)38-11-2-15-39-16-14-38;3-2(4,5)1(6)7/h1,3-7,10H,2,8-9,11-16H2,(H,34,35,36);(H,6,7). The molecule has 3 aromatic rings. The number of ether oxygens (including phenoxy) is 1. The van der Waals surface area contributed by atoms with Crippen LogP contribution in [0, 0.1) is 0 Å². The summed E-state index contributed by atoms with van der Waals surface area (Å²) in [5.74, 6) is -2.05. The van der Waals surface area contributed by atoms with Gasteiger partial charge in [0.25, 0.3) is 0 Å². The lowest BCUT2D eigenvalue weighted by molar-refractivity contribution is -0.192. The van der Waals surface area contributed by atoms with Crippen molar-refractivity contribution in [3.63, 3.8) is 0 Å². The molecule has 0 amide bonds. The van der Waals surface area contributed by atoms with Crippen molar-refractivity contribution in [1.82, 2.24) is 15.0 Å². The van der Waals surface area contributed by atoms with Gasteiger partial charge in [-0.15, -0.1) is 0 Å². The zero-order valence-electron chi connectivity index (χ0n) is 23.8. The van der Waals surface area contributed by atoms with Gasteiger partial charge in [0.1, 0.15) is 11.6 Å². The minimum absolute atomic E-state index is 0.145. The zero-order valence-corrected chi connectivity index (χ0v) is 23.8. The number of halogens is 9. The molecule has 0 spiro atoms. The predicted octanol–water partition coefficient (Wildman–Crippen LogP) is 6.12. The Balaban J connectivity index is 0.000000617. The highest BCUT2D eigenvalue weighted by molar-refractivity contribution is 5.73. The van der Waals surface area contributed by atoms with Gasteiger partial charge in [-0.25, -0.2) is 14.8 Å². The minimum atomic E-state index is -5.08. The number of alkyl halides is 9. The Morgan fingerprint density at radius 2 is 1.50 bits per heavy atom. The van der Waals surface area contributed by atoms with Crippen LogP contribution in [-0.2, 0) is 34.7 Å². The number of hydrogen-bond donors (Lipinski definition) is 2. The van der Waals surface area contributed by atoms with Crippen LogP contribution >= 0.6 is 0 Å². The molecule has 250 valence electrons. The molecule has 0 aliphatic carbocycles. The van der Waals surface area contributed by atoms with Crippen molar-refractivity contribution in [2.24, 2.45) is 0 Å². The lowest BCUT2D eigenvalue weighted by Crippen LogP contribution is -2.29. The maximum atomic E-state index is 13.7. The van der Waals surface area contributed by atoms with E-state index in [0.29, 0.717) is 67.9 Å². The number of aromatic nitrogens is 3. The third-order valence-electron chi connectivity index (χ3n) is 6.95. The van der Waals surface area contributed by atoms with Gasteiger partial charge in [0.2, 0.25) is 5.95 Å². The van der Waals surface area contributed by atoms with Crippen molar-refractivity contribution in [3.8, 4) is 0 Å². The van der Waals surface area contributed by atoms with Gasteiger partial charge in [-0.1, -0.05) is 0 Å². The van der Waals surface area contributed by atoms with Crippen LogP contribution in [0.25, 0.3) is 0 Å². The van der Waals surface area contributed by atoms with Crippen LogP contribution in [0.4, 0.5) is 62.8 Å². The first-order valence-electron chi connectivity index (χ1n) is 13.8. The molecule has 0 atom stereocenters. The topological polar surface area (TPSA) is 104 Å². The summed E-state index contributed by atoms with van der Waals surface area (Å²) in [7, 11) is 0. The normalized spacial score (nSPS) is 16.0. The maximum absolute atomic E-state index is 13.7. The average Bonchev–Trinajstić information content (AvgIpc) is 3.38. The van der Waals surface area contributed by atoms with Crippen LogP contribution < -0.4 is 15.1 Å².